The molecule has 0 radical (unpaired) electrons. The van der Waals surface area contributed by atoms with Crippen molar-refractivity contribution in [2.75, 3.05) is 27.3 Å². The molecule has 0 aromatic heterocycles. The van der Waals surface area contributed by atoms with E-state index in [1.165, 1.54) is 0 Å². The van der Waals surface area contributed by atoms with Crippen molar-refractivity contribution >= 4 is 28.6 Å². The number of hydroxylamine groups is 2. The number of carbonyl (C=O) groups excluding carboxylic acids is 1. The summed E-state index contributed by atoms with van der Waals surface area (Å²) in [5, 5.41) is 1.61. The topological polar surface area (TPSA) is 38.8 Å². The first-order chi connectivity index (χ1) is 10.1. The van der Waals surface area contributed by atoms with Gasteiger partial charge in [-0.3, -0.25) is 4.79 Å². The highest BCUT2D eigenvalue weighted by Crippen LogP contribution is 2.40. The summed E-state index contributed by atoms with van der Waals surface area (Å²) in [5.74, 6) is 1.59. The summed E-state index contributed by atoms with van der Waals surface area (Å²) in [6, 6.07) is 7.89. The molecule has 116 valence electrons. The van der Waals surface area contributed by atoms with Crippen LogP contribution in [0.2, 0.25) is 0 Å². The molecule has 1 aromatic rings. The summed E-state index contributed by atoms with van der Waals surface area (Å²) < 4.78 is 4.64. The second kappa shape index (κ2) is 7.49. The zero-order chi connectivity index (χ0) is 15.3. The van der Waals surface area contributed by atoms with Gasteiger partial charge in [-0.05, 0) is 42.1 Å². The van der Waals surface area contributed by atoms with Crippen LogP contribution >= 0.6 is 23.4 Å². The highest BCUT2D eigenvalue weighted by Gasteiger charge is 2.41. The maximum Gasteiger partial charge on any atom is 0.237 e. The quantitative estimate of drug-likeness (QED) is 0.750. The van der Waals surface area contributed by atoms with E-state index in [0.717, 1.165) is 30.2 Å². The smallest absolute Gasteiger partial charge is 0.237 e. The molecule has 0 N–H and O–H groups in total. The molecule has 1 aliphatic heterocycles. The van der Waals surface area contributed by atoms with E-state index in [2.05, 4.69) is 0 Å². The predicted octanol–water partition coefficient (Wildman–Crippen LogP) is 3.09. The molecule has 1 aromatic carbocycles. The number of piperidine rings is 1. The fraction of sp³-hybridized carbons (Fsp3) is 0.533. The van der Waals surface area contributed by atoms with Gasteiger partial charge in [-0.1, -0.05) is 12.1 Å². The second-order valence-corrected chi connectivity index (χ2v) is 6.72. The van der Waals surface area contributed by atoms with Crippen LogP contribution < -0.4 is 4.74 Å². The number of methoxy groups -OCH3 is 1. The molecule has 1 aliphatic rings. The average Bonchev–Trinajstić information content (AvgIpc) is 2.53. The molecule has 1 fully saturated rings. The Morgan fingerprint density at radius 3 is 2.38 bits per heavy atom. The lowest BCUT2D eigenvalue weighted by atomic mass is 9.98. The van der Waals surface area contributed by atoms with Crippen LogP contribution in [-0.4, -0.2) is 42.4 Å². The number of hydrogen-bond donors (Lipinski definition) is 0. The Morgan fingerprint density at radius 2 is 1.90 bits per heavy atom. The van der Waals surface area contributed by atoms with Crippen molar-refractivity contribution in [2.45, 2.75) is 23.3 Å². The fourth-order valence-electron chi connectivity index (χ4n) is 2.37. The second-order valence-electron chi connectivity index (χ2n) is 5.02. The molecule has 0 spiro atoms. The minimum Gasteiger partial charge on any atom is -0.497 e. The van der Waals surface area contributed by atoms with E-state index in [-0.39, 0.29) is 5.24 Å². The molecule has 0 bridgehead atoms. The lowest BCUT2D eigenvalue weighted by Crippen LogP contribution is -2.45. The summed E-state index contributed by atoms with van der Waals surface area (Å²) in [6.07, 6.45) is 1.42. The van der Waals surface area contributed by atoms with Gasteiger partial charge < -0.3 is 9.57 Å². The predicted molar refractivity (Wildman–Crippen MR) is 85.7 cm³/mol. The van der Waals surface area contributed by atoms with Crippen molar-refractivity contribution in [2.24, 2.45) is 0 Å². The van der Waals surface area contributed by atoms with E-state index in [1.54, 1.807) is 26.0 Å². The van der Waals surface area contributed by atoms with E-state index in [1.807, 2.05) is 29.3 Å². The van der Waals surface area contributed by atoms with Gasteiger partial charge in [-0.15, -0.1) is 11.8 Å². The Morgan fingerprint density at radius 1 is 1.29 bits per heavy atom. The number of ether oxygens (including phenoxy) is 1. The Balaban J connectivity index is 1.98. The monoisotopic (exact) mass is 329 g/mol. The molecule has 0 unspecified atom stereocenters. The minimum absolute atomic E-state index is 0.253. The fourth-order valence-corrected chi connectivity index (χ4v) is 3.94. The first-order valence-corrected chi connectivity index (χ1v) is 8.22. The standard InChI is InChI=1S/C15H20ClNO3S/c1-19-13-5-3-12(4-6-13)11-21-15(14(16)18)7-9-17(20-2)10-8-15/h3-6H,7-11H2,1-2H3. The lowest BCUT2D eigenvalue weighted by molar-refractivity contribution is -0.148. The highest BCUT2D eigenvalue weighted by molar-refractivity contribution is 8.00. The minimum atomic E-state index is -0.503. The first-order valence-electron chi connectivity index (χ1n) is 6.85. The van der Waals surface area contributed by atoms with Gasteiger partial charge in [-0.2, -0.15) is 5.06 Å². The Kier molecular flexibility index (Phi) is 5.93. The van der Waals surface area contributed by atoms with Gasteiger partial charge >= 0.3 is 0 Å². The molecule has 0 amide bonds. The van der Waals surface area contributed by atoms with Crippen molar-refractivity contribution in [1.82, 2.24) is 5.06 Å². The summed E-state index contributed by atoms with van der Waals surface area (Å²) >= 11 is 7.51. The van der Waals surface area contributed by atoms with E-state index in [0.29, 0.717) is 12.8 Å². The Bertz CT molecular complexity index is 472. The maximum atomic E-state index is 11.9. The van der Waals surface area contributed by atoms with Crippen LogP contribution in [-0.2, 0) is 15.4 Å². The van der Waals surface area contributed by atoms with Crippen LogP contribution in [0.4, 0.5) is 0 Å². The Labute approximate surface area is 134 Å². The zero-order valence-electron chi connectivity index (χ0n) is 12.3. The van der Waals surface area contributed by atoms with Gasteiger partial charge in [-0.25, -0.2) is 0 Å². The molecule has 2 rings (SSSR count). The number of thioether (sulfide) groups is 1. The van der Waals surface area contributed by atoms with Crippen LogP contribution in [0.15, 0.2) is 24.3 Å². The number of carbonyl (C=O) groups is 1. The van der Waals surface area contributed by atoms with Gasteiger partial charge in [0, 0.05) is 18.8 Å². The number of rotatable bonds is 6. The van der Waals surface area contributed by atoms with Gasteiger partial charge in [0.05, 0.1) is 19.0 Å². The number of nitrogens with zero attached hydrogens (tertiary/aromatic N) is 1. The van der Waals surface area contributed by atoms with Crippen molar-refractivity contribution in [3.05, 3.63) is 29.8 Å². The number of hydrogen-bond acceptors (Lipinski definition) is 5. The van der Waals surface area contributed by atoms with Gasteiger partial charge in [0.1, 0.15) is 5.75 Å². The summed E-state index contributed by atoms with van der Waals surface area (Å²) in [6.45, 7) is 1.45. The largest absolute Gasteiger partial charge is 0.497 e. The van der Waals surface area contributed by atoms with Crippen molar-refractivity contribution in [3.63, 3.8) is 0 Å². The van der Waals surface area contributed by atoms with Crippen LogP contribution in [0.1, 0.15) is 18.4 Å². The van der Waals surface area contributed by atoms with E-state index < -0.39 is 4.75 Å². The average molecular weight is 330 g/mol. The van der Waals surface area contributed by atoms with Gasteiger partial charge in [0.2, 0.25) is 5.24 Å². The molecule has 21 heavy (non-hydrogen) atoms. The highest BCUT2D eigenvalue weighted by atomic mass is 35.5. The molecule has 4 nitrogen and oxygen atoms in total. The third kappa shape index (κ3) is 4.13. The number of halogens is 1. The van der Waals surface area contributed by atoms with Crippen LogP contribution in [0.5, 0.6) is 5.75 Å². The summed E-state index contributed by atoms with van der Waals surface area (Å²) in [5.41, 5.74) is 1.16. The Hall–Kier alpha value is -0.750. The van der Waals surface area contributed by atoms with Gasteiger partial charge in [0.25, 0.3) is 0 Å². The van der Waals surface area contributed by atoms with E-state index >= 15 is 0 Å². The van der Waals surface area contributed by atoms with Crippen LogP contribution in [0.3, 0.4) is 0 Å². The van der Waals surface area contributed by atoms with E-state index in [9.17, 15) is 4.79 Å². The van der Waals surface area contributed by atoms with Gasteiger partial charge in [0.15, 0.2) is 0 Å². The molecule has 0 saturated carbocycles. The van der Waals surface area contributed by atoms with Crippen LogP contribution in [0.25, 0.3) is 0 Å². The van der Waals surface area contributed by atoms with Crippen molar-refractivity contribution in [1.29, 1.82) is 0 Å². The van der Waals surface area contributed by atoms with Crippen LogP contribution in [0, 0.1) is 0 Å². The molecule has 0 aliphatic carbocycles. The lowest BCUT2D eigenvalue weighted by Gasteiger charge is -2.37. The molecule has 1 saturated heterocycles. The van der Waals surface area contributed by atoms with E-state index in [4.69, 9.17) is 21.2 Å². The third-order valence-electron chi connectivity index (χ3n) is 3.82. The van der Waals surface area contributed by atoms with Crippen molar-refractivity contribution in [3.8, 4) is 5.75 Å². The SMILES string of the molecule is COc1ccc(CSC2(C(=O)Cl)CCN(OC)CC2)cc1. The zero-order valence-corrected chi connectivity index (χ0v) is 13.9. The summed E-state index contributed by atoms with van der Waals surface area (Å²) in [7, 11) is 3.30. The maximum absolute atomic E-state index is 11.9. The molecule has 6 heteroatoms. The molecular weight excluding hydrogens is 310 g/mol. The molecular formula is C15H20ClNO3S. The number of benzene rings is 1. The summed E-state index contributed by atoms with van der Waals surface area (Å²) in [4.78, 5) is 17.1. The van der Waals surface area contributed by atoms with Crippen molar-refractivity contribution < 1.29 is 14.4 Å². The molecule has 0 atom stereocenters. The third-order valence-corrected chi connectivity index (χ3v) is 5.92. The molecule has 1 heterocycles. The normalized spacial score (nSPS) is 18.4. The first kappa shape index (κ1) is 16.6.